The fourth-order valence-electron chi connectivity index (χ4n) is 3.26. The van der Waals surface area contributed by atoms with E-state index in [0.717, 1.165) is 11.1 Å². The third-order valence-electron chi connectivity index (χ3n) is 4.80. The van der Waals surface area contributed by atoms with E-state index < -0.39 is 12.1 Å². The highest BCUT2D eigenvalue weighted by Crippen LogP contribution is 2.19. The van der Waals surface area contributed by atoms with Gasteiger partial charge in [-0.3, -0.25) is 4.79 Å². The molecule has 2 aromatic rings. The maximum absolute atomic E-state index is 12.7. The van der Waals surface area contributed by atoms with E-state index in [1.807, 2.05) is 55.5 Å². The quantitative estimate of drug-likeness (QED) is 0.830. The number of ether oxygens (including phenoxy) is 2. The monoisotopic (exact) mass is 383 g/mol. The topological polar surface area (TPSA) is 76.1 Å². The minimum atomic E-state index is -1.05. The Kier molecular flexibility index (Phi) is 6.31. The lowest BCUT2D eigenvalue weighted by Crippen LogP contribution is -2.52. The number of carbonyl (C=O) groups excluding carboxylic acids is 1. The third kappa shape index (κ3) is 5.10. The standard InChI is InChI=1S/C22H25NO5/c1-15-6-3-4-8-18(15)14-27-19-9-5-7-17(10-19)11-21(24)23-12-16(2)28-20(13-23)22(25)26/h3-10,16,20H,11-14H2,1-2H3,(H,25,26)/t16-,20?/m1/s1. The van der Waals surface area contributed by atoms with Crippen LogP contribution in [0.3, 0.4) is 0 Å². The zero-order chi connectivity index (χ0) is 20.1. The van der Waals surface area contributed by atoms with Crippen molar-refractivity contribution in [2.24, 2.45) is 0 Å². The number of carboxylic acid groups (broad SMARTS) is 1. The maximum Gasteiger partial charge on any atom is 0.334 e. The number of aliphatic carboxylic acids is 1. The molecule has 1 fully saturated rings. The van der Waals surface area contributed by atoms with Crippen molar-refractivity contribution < 1.29 is 24.2 Å². The van der Waals surface area contributed by atoms with Gasteiger partial charge in [0.1, 0.15) is 12.4 Å². The molecule has 1 saturated heterocycles. The van der Waals surface area contributed by atoms with Gasteiger partial charge in [-0.1, -0.05) is 36.4 Å². The molecule has 1 aliphatic rings. The molecule has 1 heterocycles. The summed E-state index contributed by atoms with van der Waals surface area (Å²) in [6.07, 6.45) is -1.08. The lowest BCUT2D eigenvalue weighted by Gasteiger charge is -2.35. The Hall–Kier alpha value is -2.86. The molecular formula is C22H25NO5. The first-order valence-corrected chi connectivity index (χ1v) is 9.34. The zero-order valence-corrected chi connectivity index (χ0v) is 16.1. The second kappa shape index (κ2) is 8.89. The van der Waals surface area contributed by atoms with Crippen LogP contribution in [-0.4, -0.2) is 47.2 Å². The highest BCUT2D eigenvalue weighted by Gasteiger charge is 2.32. The number of morpholine rings is 1. The van der Waals surface area contributed by atoms with E-state index in [-0.39, 0.29) is 25.0 Å². The number of hydrogen-bond donors (Lipinski definition) is 1. The van der Waals surface area contributed by atoms with E-state index in [1.54, 1.807) is 11.8 Å². The lowest BCUT2D eigenvalue weighted by molar-refractivity contribution is -0.166. The van der Waals surface area contributed by atoms with Crippen molar-refractivity contribution in [1.82, 2.24) is 4.90 Å². The van der Waals surface area contributed by atoms with Crippen LogP contribution in [0.25, 0.3) is 0 Å². The van der Waals surface area contributed by atoms with E-state index in [9.17, 15) is 14.7 Å². The van der Waals surface area contributed by atoms with Crippen LogP contribution in [0.15, 0.2) is 48.5 Å². The van der Waals surface area contributed by atoms with E-state index in [2.05, 4.69) is 0 Å². The Morgan fingerprint density at radius 2 is 1.96 bits per heavy atom. The molecule has 3 rings (SSSR count). The van der Waals surface area contributed by atoms with Crippen LogP contribution in [0.4, 0.5) is 0 Å². The van der Waals surface area contributed by atoms with Gasteiger partial charge < -0.3 is 19.5 Å². The van der Waals surface area contributed by atoms with E-state index in [1.165, 1.54) is 5.56 Å². The normalized spacial score (nSPS) is 19.3. The summed E-state index contributed by atoms with van der Waals surface area (Å²) in [5.41, 5.74) is 3.12. The predicted octanol–water partition coefficient (Wildman–Crippen LogP) is 2.82. The number of benzene rings is 2. The minimum Gasteiger partial charge on any atom is -0.489 e. The van der Waals surface area contributed by atoms with Crippen molar-refractivity contribution in [3.8, 4) is 5.75 Å². The molecular weight excluding hydrogens is 358 g/mol. The number of carbonyl (C=O) groups is 2. The summed E-state index contributed by atoms with van der Waals surface area (Å²) in [7, 11) is 0. The Labute approximate surface area is 164 Å². The van der Waals surface area contributed by atoms with E-state index in [0.29, 0.717) is 18.9 Å². The van der Waals surface area contributed by atoms with Crippen LogP contribution in [-0.2, 0) is 27.4 Å². The van der Waals surface area contributed by atoms with Gasteiger partial charge in [-0.25, -0.2) is 4.79 Å². The van der Waals surface area contributed by atoms with Crippen LogP contribution < -0.4 is 4.74 Å². The number of carboxylic acids is 1. The van der Waals surface area contributed by atoms with Crippen LogP contribution in [0.2, 0.25) is 0 Å². The number of aryl methyl sites for hydroxylation is 1. The van der Waals surface area contributed by atoms with Gasteiger partial charge in [0.2, 0.25) is 5.91 Å². The number of amides is 1. The molecule has 0 saturated carbocycles. The molecule has 28 heavy (non-hydrogen) atoms. The lowest BCUT2D eigenvalue weighted by atomic mass is 10.1. The van der Waals surface area contributed by atoms with Gasteiger partial charge in [0.05, 0.1) is 19.1 Å². The van der Waals surface area contributed by atoms with E-state index in [4.69, 9.17) is 9.47 Å². The summed E-state index contributed by atoms with van der Waals surface area (Å²) in [5, 5.41) is 9.17. The molecule has 148 valence electrons. The summed E-state index contributed by atoms with van der Waals surface area (Å²) < 4.78 is 11.3. The molecule has 2 aromatic carbocycles. The highest BCUT2D eigenvalue weighted by molar-refractivity contribution is 5.80. The molecule has 1 aliphatic heterocycles. The van der Waals surface area contributed by atoms with Crippen LogP contribution >= 0.6 is 0 Å². The van der Waals surface area contributed by atoms with Crippen molar-refractivity contribution >= 4 is 11.9 Å². The molecule has 1 N–H and O–H groups in total. The van der Waals surface area contributed by atoms with Crippen molar-refractivity contribution in [3.63, 3.8) is 0 Å². The van der Waals surface area contributed by atoms with Gasteiger partial charge in [0, 0.05) is 6.54 Å². The van der Waals surface area contributed by atoms with Crippen molar-refractivity contribution in [2.75, 3.05) is 13.1 Å². The van der Waals surface area contributed by atoms with Gasteiger partial charge in [-0.05, 0) is 42.7 Å². The highest BCUT2D eigenvalue weighted by atomic mass is 16.5. The number of rotatable bonds is 6. The zero-order valence-electron chi connectivity index (χ0n) is 16.1. The van der Waals surface area contributed by atoms with Gasteiger partial charge in [0.25, 0.3) is 0 Å². The molecule has 1 amide bonds. The van der Waals surface area contributed by atoms with Crippen molar-refractivity contribution in [2.45, 2.75) is 39.1 Å². The molecule has 0 aromatic heterocycles. The Bertz CT molecular complexity index is 850. The van der Waals surface area contributed by atoms with E-state index >= 15 is 0 Å². The molecule has 1 unspecified atom stereocenters. The van der Waals surface area contributed by atoms with Gasteiger partial charge >= 0.3 is 5.97 Å². The fraction of sp³-hybridized carbons (Fsp3) is 0.364. The second-order valence-electron chi connectivity index (χ2n) is 7.11. The molecule has 6 nitrogen and oxygen atoms in total. The average molecular weight is 383 g/mol. The molecule has 0 radical (unpaired) electrons. The van der Waals surface area contributed by atoms with Crippen LogP contribution in [0.1, 0.15) is 23.6 Å². The summed E-state index contributed by atoms with van der Waals surface area (Å²) in [5.74, 6) is -0.458. The first kappa shape index (κ1) is 19.9. The first-order valence-electron chi connectivity index (χ1n) is 9.34. The molecule has 0 bridgehead atoms. The summed E-state index contributed by atoms with van der Waals surface area (Å²) in [4.78, 5) is 25.4. The van der Waals surface area contributed by atoms with Crippen LogP contribution in [0, 0.1) is 6.92 Å². The second-order valence-corrected chi connectivity index (χ2v) is 7.11. The number of nitrogens with zero attached hydrogens (tertiary/aromatic N) is 1. The minimum absolute atomic E-state index is 0.0714. The van der Waals surface area contributed by atoms with Crippen LogP contribution in [0.5, 0.6) is 5.75 Å². The number of hydrogen-bond acceptors (Lipinski definition) is 4. The van der Waals surface area contributed by atoms with Crippen molar-refractivity contribution in [1.29, 1.82) is 0 Å². The fourth-order valence-corrected chi connectivity index (χ4v) is 3.26. The summed E-state index contributed by atoms with van der Waals surface area (Å²) in [6, 6.07) is 15.5. The summed E-state index contributed by atoms with van der Waals surface area (Å²) >= 11 is 0. The van der Waals surface area contributed by atoms with Gasteiger partial charge in [-0.2, -0.15) is 0 Å². The SMILES string of the molecule is Cc1ccccc1COc1cccc(CC(=O)N2CC(C(=O)O)O[C@H](C)C2)c1. The molecule has 2 atom stereocenters. The molecule has 0 aliphatic carbocycles. The van der Waals surface area contributed by atoms with Crippen molar-refractivity contribution in [3.05, 3.63) is 65.2 Å². The van der Waals surface area contributed by atoms with Gasteiger partial charge in [-0.15, -0.1) is 0 Å². The smallest absolute Gasteiger partial charge is 0.334 e. The Morgan fingerprint density at radius 3 is 2.71 bits per heavy atom. The van der Waals surface area contributed by atoms with Gasteiger partial charge in [0.15, 0.2) is 6.10 Å². The molecule has 6 heteroatoms. The average Bonchev–Trinajstić information content (AvgIpc) is 2.67. The summed E-state index contributed by atoms with van der Waals surface area (Å²) in [6.45, 7) is 4.75. The Balaban J connectivity index is 1.61. The third-order valence-corrected chi connectivity index (χ3v) is 4.80. The Morgan fingerprint density at radius 1 is 1.18 bits per heavy atom. The first-order chi connectivity index (χ1) is 13.4. The predicted molar refractivity (Wildman–Crippen MR) is 104 cm³/mol. The largest absolute Gasteiger partial charge is 0.489 e. The molecule has 0 spiro atoms. The maximum atomic E-state index is 12.7.